The van der Waals surface area contributed by atoms with E-state index >= 15 is 0 Å². The molecule has 3 heterocycles. The largest absolute Gasteiger partial charge is 0.361 e. The lowest BCUT2D eigenvalue weighted by atomic mass is 9.97. The van der Waals surface area contributed by atoms with E-state index in [1.54, 1.807) is 0 Å². The monoisotopic (exact) mass is 303 g/mol. The van der Waals surface area contributed by atoms with Crippen LogP contribution in [0.1, 0.15) is 60.2 Å². The normalized spacial score (nSPS) is 19.6. The molecule has 3 rings (SSSR count). The molecule has 0 aromatic carbocycles. The smallest absolute Gasteiger partial charge is 0.230 e. The first kappa shape index (κ1) is 14.8. The van der Waals surface area contributed by atoms with Gasteiger partial charge in [-0.1, -0.05) is 10.3 Å². The van der Waals surface area contributed by atoms with E-state index in [1.807, 2.05) is 38.7 Å². The summed E-state index contributed by atoms with van der Waals surface area (Å²) in [4.78, 5) is 14.8. The molecule has 0 radical (unpaired) electrons. The molecule has 0 aliphatic carbocycles. The zero-order valence-electron chi connectivity index (χ0n) is 13.4. The minimum atomic E-state index is -0.264. The third-order valence-corrected chi connectivity index (χ3v) is 4.42. The fraction of sp³-hybridized carbons (Fsp3) is 0.562. The van der Waals surface area contributed by atoms with Gasteiger partial charge < -0.3 is 13.9 Å². The first-order valence-electron chi connectivity index (χ1n) is 7.65. The summed E-state index contributed by atoms with van der Waals surface area (Å²) in [6.45, 7) is 8.26. The number of rotatable bonds is 3. The third kappa shape index (κ3) is 2.42. The Morgan fingerprint density at radius 3 is 2.68 bits per heavy atom. The quantitative estimate of drug-likeness (QED) is 0.871. The van der Waals surface area contributed by atoms with Gasteiger partial charge in [-0.15, -0.1) is 0 Å². The van der Waals surface area contributed by atoms with Gasteiger partial charge in [-0.05, 0) is 40.5 Å². The first-order valence-corrected chi connectivity index (χ1v) is 7.65. The molecular formula is C16H21N3O3. The Balaban J connectivity index is 1.84. The number of amides is 1. The number of carbonyl (C=O) groups excluding carboxylic acids is 1. The van der Waals surface area contributed by atoms with Crippen molar-refractivity contribution in [2.24, 2.45) is 0 Å². The van der Waals surface area contributed by atoms with Gasteiger partial charge in [0.15, 0.2) is 0 Å². The van der Waals surface area contributed by atoms with Crippen molar-refractivity contribution in [1.82, 2.24) is 15.2 Å². The van der Waals surface area contributed by atoms with E-state index in [0.717, 1.165) is 42.1 Å². The molecule has 6 nitrogen and oxygen atoms in total. The van der Waals surface area contributed by atoms with Crippen LogP contribution in [-0.4, -0.2) is 27.7 Å². The zero-order valence-corrected chi connectivity index (χ0v) is 13.4. The van der Waals surface area contributed by atoms with Crippen LogP contribution in [0.25, 0.3) is 0 Å². The summed E-state index contributed by atoms with van der Waals surface area (Å²) in [5.41, 5.74) is 2.52. The highest BCUT2D eigenvalue weighted by atomic mass is 16.5. The number of nitrogens with zero attached hydrogens (tertiary/aromatic N) is 3. The Morgan fingerprint density at radius 2 is 2.09 bits per heavy atom. The lowest BCUT2D eigenvalue weighted by Gasteiger charge is -2.26. The predicted molar refractivity (Wildman–Crippen MR) is 79.3 cm³/mol. The molecule has 0 N–H and O–H groups in total. The zero-order chi connectivity index (χ0) is 15.9. The van der Waals surface area contributed by atoms with Crippen molar-refractivity contribution in [2.45, 2.75) is 52.5 Å². The second kappa shape index (κ2) is 5.59. The molecule has 0 unspecified atom stereocenters. The minimum Gasteiger partial charge on any atom is -0.361 e. The molecule has 118 valence electrons. The molecule has 1 amide bonds. The lowest BCUT2D eigenvalue weighted by molar-refractivity contribution is -0.133. The van der Waals surface area contributed by atoms with Crippen molar-refractivity contribution in [2.75, 3.05) is 6.54 Å². The summed E-state index contributed by atoms with van der Waals surface area (Å²) in [5, 5.41) is 8.04. The van der Waals surface area contributed by atoms with Gasteiger partial charge in [0.1, 0.15) is 17.2 Å². The van der Waals surface area contributed by atoms with Crippen molar-refractivity contribution < 1.29 is 13.8 Å². The van der Waals surface area contributed by atoms with Gasteiger partial charge in [0.05, 0.1) is 17.7 Å². The predicted octanol–water partition coefficient (Wildman–Crippen LogP) is 3.06. The topological polar surface area (TPSA) is 72.4 Å². The SMILES string of the molecule is Cc1cc([C@@H]2CCCN2C(=O)[C@@H](C)c2c(C)noc2C)no1. The highest BCUT2D eigenvalue weighted by molar-refractivity contribution is 5.84. The van der Waals surface area contributed by atoms with Crippen LogP contribution in [0.3, 0.4) is 0 Å². The second-order valence-electron chi connectivity index (χ2n) is 6.01. The van der Waals surface area contributed by atoms with Crippen LogP contribution in [0.2, 0.25) is 0 Å². The van der Waals surface area contributed by atoms with Gasteiger partial charge in [0, 0.05) is 18.2 Å². The van der Waals surface area contributed by atoms with E-state index in [9.17, 15) is 4.79 Å². The van der Waals surface area contributed by atoms with Crippen LogP contribution < -0.4 is 0 Å². The fourth-order valence-electron chi connectivity index (χ4n) is 3.36. The Bertz CT molecular complexity index is 669. The van der Waals surface area contributed by atoms with Crippen molar-refractivity contribution in [3.05, 3.63) is 34.5 Å². The van der Waals surface area contributed by atoms with Crippen molar-refractivity contribution in [3.8, 4) is 0 Å². The van der Waals surface area contributed by atoms with Crippen molar-refractivity contribution in [1.29, 1.82) is 0 Å². The number of carbonyl (C=O) groups is 1. The van der Waals surface area contributed by atoms with E-state index < -0.39 is 0 Å². The van der Waals surface area contributed by atoms with Crippen molar-refractivity contribution in [3.63, 3.8) is 0 Å². The molecule has 1 aliphatic rings. The van der Waals surface area contributed by atoms with E-state index in [-0.39, 0.29) is 17.9 Å². The van der Waals surface area contributed by atoms with Crippen LogP contribution in [0.5, 0.6) is 0 Å². The third-order valence-electron chi connectivity index (χ3n) is 4.42. The average molecular weight is 303 g/mol. The maximum Gasteiger partial charge on any atom is 0.230 e. The second-order valence-corrected chi connectivity index (χ2v) is 6.01. The number of likely N-dealkylation sites (tertiary alicyclic amines) is 1. The maximum atomic E-state index is 12.9. The Kier molecular flexibility index (Phi) is 3.76. The van der Waals surface area contributed by atoms with Crippen LogP contribution >= 0.6 is 0 Å². The Labute approximate surface area is 129 Å². The van der Waals surface area contributed by atoms with E-state index in [1.165, 1.54) is 0 Å². The van der Waals surface area contributed by atoms with Crippen molar-refractivity contribution >= 4 is 5.91 Å². The molecule has 1 aliphatic heterocycles. The van der Waals surface area contributed by atoms with E-state index in [0.29, 0.717) is 5.76 Å². The van der Waals surface area contributed by atoms with Crippen LogP contribution in [-0.2, 0) is 4.79 Å². The summed E-state index contributed by atoms with van der Waals surface area (Å²) in [6.07, 6.45) is 1.91. The molecule has 6 heteroatoms. The molecule has 0 bridgehead atoms. The minimum absolute atomic E-state index is 0.00729. The fourth-order valence-corrected chi connectivity index (χ4v) is 3.36. The van der Waals surface area contributed by atoms with Gasteiger partial charge in [0.2, 0.25) is 5.91 Å². The van der Waals surface area contributed by atoms with Gasteiger partial charge in [-0.25, -0.2) is 0 Å². The molecule has 2 atom stereocenters. The summed E-state index contributed by atoms with van der Waals surface area (Å²) in [6, 6.07) is 1.92. The van der Waals surface area contributed by atoms with E-state index in [4.69, 9.17) is 9.05 Å². The first-order chi connectivity index (χ1) is 10.5. The Morgan fingerprint density at radius 1 is 1.32 bits per heavy atom. The number of hydrogen-bond donors (Lipinski definition) is 0. The van der Waals surface area contributed by atoms with Gasteiger partial charge in [-0.3, -0.25) is 4.79 Å². The lowest BCUT2D eigenvalue weighted by Crippen LogP contribution is -2.34. The highest BCUT2D eigenvalue weighted by Crippen LogP contribution is 2.35. The molecule has 2 aromatic rings. The summed E-state index contributed by atoms with van der Waals surface area (Å²) in [5.74, 6) is 1.32. The number of aryl methyl sites for hydroxylation is 3. The molecule has 0 saturated carbocycles. The molecule has 2 aromatic heterocycles. The maximum absolute atomic E-state index is 12.9. The molecular weight excluding hydrogens is 282 g/mol. The number of hydrogen-bond acceptors (Lipinski definition) is 5. The van der Waals surface area contributed by atoms with Crippen LogP contribution in [0, 0.1) is 20.8 Å². The van der Waals surface area contributed by atoms with Crippen LogP contribution in [0.15, 0.2) is 15.1 Å². The molecule has 1 saturated heterocycles. The van der Waals surface area contributed by atoms with Crippen LogP contribution in [0.4, 0.5) is 0 Å². The summed E-state index contributed by atoms with van der Waals surface area (Å²) >= 11 is 0. The standard InChI is InChI=1S/C16H21N3O3/c1-9-8-13(18-21-9)14-6-5-7-19(14)16(20)10(2)15-11(3)17-22-12(15)4/h8,10,14H,5-7H2,1-4H3/t10-,14-/m0/s1. The molecule has 0 spiro atoms. The summed E-state index contributed by atoms with van der Waals surface area (Å²) in [7, 11) is 0. The Hall–Kier alpha value is -2.11. The number of aromatic nitrogens is 2. The van der Waals surface area contributed by atoms with Gasteiger partial charge in [0.25, 0.3) is 0 Å². The van der Waals surface area contributed by atoms with E-state index in [2.05, 4.69) is 10.3 Å². The molecule has 1 fully saturated rings. The van der Waals surface area contributed by atoms with Gasteiger partial charge >= 0.3 is 0 Å². The average Bonchev–Trinajstić information content (AvgIpc) is 3.18. The summed E-state index contributed by atoms with van der Waals surface area (Å²) < 4.78 is 10.4. The van der Waals surface area contributed by atoms with Gasteiger partial charge in [-0.2, -0.15) is 0 Å². The highest BCUT2D eigenvalue weighted by Gasteiger charge is 2.36. The molecule has 22 heavy (non-hydrogen) atoms.